The molecule has 2 aromatic carbocycles. The van der Waals surface area contributed by atoms with Gasteiger partial charge >= 0.3 is 0 Å². The Morgan fingerprint density at radius 3 is 2.50 bits per heavy atom. The van der Waals surface area contributed by atoms with Gasteiger partial charge in [0, 0.05) is 28.2 Å². The molecular formula is C19H17ClN2O2. The highest BCUT2D eigenvalue weighted by Crippen LogP contribution is 2.27. The number of hydrogen-bond acceptors (Lipinski definition) is 3. The van der Waals surface area contributed by atoms with Gasteiger partial charge in [0.1, 0.15) is 0 Å². The molecule has 3 rings (SSSR count). The van der Waals surface area contributed by atoms with E-state index in [2.05, 4.69) is 4.98 Å². The van der Waals surface area contributed by atoms with Gasteiger partial charge in [-0.05, 0) is 49.1 Å². The molecule has 0 aliphatic carbocycles. The maximum absolute atomic E-state index is 12.9. The number of ketones is 1. The summed E-state index contributed by atoms with van der Waals surface area (Å²) in [5, 5.41) is 1.42. The van der Waals surface area contributed by atoms with Crippen LogP contribution in [-0.4, -0.2) is 10.8 Å². The van der Waals surface area contributed by atoms with Crippen LogP contribution in [0.4, 0.5) is 0 Å². The van der Waals surface area contributed by atoms with Crippen LogP contribution < -0.4 is 11.3 Å². The van der Waals surface area contributed by atoms with Gasteiger partial charge in [-0.25, -0.2) is 0 Å². The van der Waals surface area contributed by atoms with Crippen LogP contribution in [0.5, 0.6) is 0 Å². The summed E-state index contributed by atoms with van der Waals surface area (Å²) in [7, 11) is 0. The van der Waals surface area contributed by atoms with E-state index in [0.717, 1.165) is 5.56 Å². The zero-order valence-electron chi connectivity index (χ0n) is 13.4. The summed E-state index contributed by atoms with van der Waals surface area (Å²) in [6.07, 6.45) is 1.53. The largest absolute Gasteiger partial charge is 0.329 e. The Balaban J connectivity index is 2.14. The molecule has 24 heavy (non-hydrogen) atoms. The highest BCUT2D eigenvalue weighted by Gasteiger charge is 2.20. The number of hydrogen-bond donors (Lipinski definition) is 2. The molecule has 0 bridgehead atoms. The van der Waals surface area contributed by atoms with Gasteiger partial charge in [0.2, 0.25) is 0 Å². The number of aromatic amines is 1. The fourth-order valence-electron chi connectivity index (χ4n) is 2.66. The summed E-state index contributed by atoms with van der Waals surface area (Å²) in [6.45, 7) is 3.74. The standard InChI is InChI=1S/C19H17ClN2O2/c1-19(2,21)11-6-7-15(16(20)10-11)17(23)13-4-3-5-14-12(13)8-9-22-18(14)24/h3-10H,21H2,1-2H3,(H,22,24). The van der Waals surface area contributed by atoms with E-state index in [1.165, 1.54) is 6.20 Å². The third-order valence-corrected chi connectivity index (χ3v) is 4.33. The molecule has 0 atom stereocenters. The van der Waals surface area contributed by atoms with Gasteiger partial charge in [0.15, 0.2) is 5.78 Å². The molecule has 122 valence electrons. The molecule has 3 aromatic rings. The van der Waals surface area contributed by atoms with Gasteiger partial charge in [-0.2, -0.15) is 0 Å². The molecule has 0 aliphatic heterocycles. The normalized spacial score (nSPS) is 11.7. The van der Waals surface area contributed by atoms with Crippen LogP contribution in [0, 0.1) is 0 Å². The SMILES string of the molecule is CC(C)(N)c1ccc(C(=O)c2cccc3c(=O)[nH]ccc23)c(Cl)c1. The van der Waals surface area contributed by atoms with E-state index >= 15 is 0 Å². The van der Waals surface area contributed by atoms with E-state index in [1.807, 2.05) is 13.8 Å². The molecule has 0 saturated carbocycles. The minimum Gasteiger partial charge on any atom is -0.329 e. The molecule has 4 nitrogen and oxygen atoms in total. The van der Waals surface area contributed by atoms with Crippen LogP contribution in [0.2, 0.25) is 5.02 Å². The van der Waals surface area contributed by atoms with E-state index < -0.39 is 5.54 Å². The van der Waals surface area contributed by atoms with Crippen molar-refractivity contribution in [3.8, 4) is 0 Å². The molecule has 0 saturated heterocycles. The zero-order chi connectivity index (χ0) is 17.5. The molecule has 1 heterocycles. The van der Waals surface area contributed by atoms with E-state index in [4.69, 9.17) is 17.3 Å². The second-order valence-corrected chi connectivity index (χ2v) is 6.73. The lowest BCUT2D eigenvalue weighted by atomic mass is 9.92. The lowest BCUT2D eigenvalue weighted by Gasteiger charge is -2.20. The van der Waals surface area contributed by atoms with Crippen molar-refractivity contribution in [2.75, 3.05) is 0 Å². The maximum atomic E-state index is 12.9. The van der Waals surface area contributed by atoms with Crippen molar-refractivity contribution in [2.24, 2.45) is 5.73 Å². The van der Waals surface area contributed by atoms with E-state index in [9.17, 15) is 9.59 Å². The number of carbonyl (C=O) groups is 1. The van der Waals surface area contributed by atoms with Gasteiger partial charge in [-0.15, -0.1) is 0 Å². The molecule has 5 heteroatoms. The first-order chi connectivity index (χ1) is 11.3. The lowest BCUT2D eigenvalue weighted by molar-refractivity contribution is 0.104. The molecule has 0 fully saturated rings. The van der Waals surface area contributed by atoms with Gasteiger partial charge in [0.05, 0.1) is 5.02 Å². The Morgan fingerprint density at radius 2 is 1.83 bits per heavy atom. The van der Waals surface area contributed by atoms with E-state index in [-0.39, 0.29) is 11.3 Å². The molecule has 0 unspecified atom stereocenters. The number of nitrogens with one attached hydrogen (secondary N) is 1. The molecule has 0 aliphatic rings. The van der Waals surface area contributed by atoms with Crippen molar-refractivity contribution < 1.29 is 4.79 Å². The Kier molecular flexibility index (Phi) is 4.03. The number of benzene rings is 2. The van der Waals surface area contributed by atoms with Crippen LogP contribution >= 0.6 is 11.6 Å². The first-order valence-electron chi connectivity index (χ1n) is 7.53. The van der Waals surface area contributed by atoms with Crippen LogP contribution in [0.15, 0.2) is 53.5 Å². The highest BCUT2D eigenvalue weighted by molar-refractivity contribution is 6.35. The number of H-pyrrole nitrogens is 1. The van der Waals surface area contributed by atoms with Crippen molar-refractivity contribution in [3.05, 3.63) is 80.7 Å². The lowest BCUT2D eigenvalue weighted by Crippen LogP contribution is -2.28. The third kappa shape index (κ3) is 2.86. The molecule has 0 amide bonds. The smallest absolute Gasteiger partial charge is 0.255 e. The number of rotatable bonds is 3. The topological polar surface area (TPSA) is 76.0 Å². The maximum Gasteiger partial charge on any atom is 0.255 e. The number of halogens is 1. The average Bonchev–Trinajstić information content (AvgIpc) is 2.53. The molecule has 0 spiro atoms. The summed E-state index contributed by atoms with van der Waals surface area (Å²) in [6, 6.07) is 12.0. The van der Waals surface area contributed by atoms with Gasteiger partial charge < -0.3 is 10.7 Å². The average molecular weight is 341 g/mol. The van der Waals surface area contributed by atoms with E-state index in [0.29, 0.717) is 26.9 Å². The monoisotopic (exact) mass is 340 g/mol. The number of nitrogens with two attached hydrogens (primary N) is 1. The van der Waals surface area contributed by atoms with Crippen LogP contribution in [-0.2, 0) is 5.54 Å². The van der Waals surface area contributed by atoms with Crippen LogP contribution in [0.25, 0.3) is 10.8 Å². The number of pyridine rings is 1. The second-order valence-electron chi connectivity index (χ2n) is 6.32. The van der Waals surface area contributed by atoms with Crippen molar-refractivity contribution in [2.45, 2.75) is 19.4 Å². The predicted octanol–water partition coefficient (Wildman–Crippen LogP) is 3.61. The summed E-state index contributed by atoms with van der Waals surface area (Å²) < 4.78 is 0. The third-order valence-electron chi connectivity index (χ3n) is 4.02. The number of fused-ring (bicyclic) bond motifs is 1. The minimum atomic E-state index is -0.544. The summed E-state index contributed by atoms with van der Waals surface area (Å²) in [5.41, 5.74) is 6.98. The van der Waals surface area contributed by atoms with Crippen molar-refractivity contribution in [3.63, 3.8) is 0 Å². The first-order valence-corrected chi connectivity index (χ1v) is 7.91. The quantitative estimate of drug-likeness (QED) is 0.715. The molecule has 1 aromatic heterocycles. The minimum absolute atomic E-state index is 0.224. The van der Waals surface area contributed by atoms with Crippen LogP contribution in [0.3, 0.4) is 0 Å². The molecule has 0 radical (unpaired) electrons. The van der Waals surface area contributed by atoms with Gasteiger partial charge in [-0.3, -0.25) is 9.59 Å². The van der Waals surface area contributed by atoms with E-state index in [1.54, 1.807) is 42.5 Å². The first kappa shape index (κ1) is 16.4. The Morgan fingerprint density at radius 1 is 1.08 bits per heavy atom. The highest BCUT2D eigenvalue weighted by atomic mass is 35.5. The van der Waals surface area contributed by atoms with Gasteiger partial charge in [-0.1, -0.05) is 29.8 Å². The zero-order valence-corrected chi connectivity index (χ0v) is 14.1. The molecule has 3 N–H and O–H groups in total. The second kappa shape index (κ2) is 5.89. The Labute approximate surface area is 144 Å². The van der Waals surface area contributed by atoms with Crippen molar-refractivity contribution >= 4 is 28.2 Å². The Bertz CT molecular complexity index is 1000. The predicted molar refractivity (Wildman–Crippen MR) is 96.7 cm³/mol. The van der Waals surface area contributed by atoms with Crippen molar-refractivity contribution in [1.82, 2.24) is 4.98 Å². The summed E-state index contributed by atoms with van der Waals surface area (Å²) in [4.78, 5) is 27.4. The summed E-state index contributed by atoms with van der Waals surface area (Å²) in [5.74, 6) is -0.224. The Hall–Kier alpha value is -2.43. The van der Waals surface area contributed by atoms with Gasteiger partial charge in [0.25, 0.3) is 5.56 Å². The van der Waals surface area contributed by atoms with Crippen molar-refractivity contribution in [1.29, 1.82) is 0 Å². The van der Waals surface area contributed by atoms with Crippen LogP contribution in [0.1, 0.15) is 35.3 Å². The fourth-order valence-corrected chi connectivity index (χ4v) is 2.93. The summed E-state index contributed by atoms with van der Waals surface area (Å²) >= 11 is 6.32. The fraction of sp³-hybridized carbons (Fsp3) is 0.158. The number of aromatic nitrogens is 1. The molecular weight excluding hydrogens is 324 g/mol. The number of carbonyl (C=O) groups excluding carboxylic acids is 1.